The molecule has 0 unspecified atom stereocenters. The van der Waals surface area contributed by atoms with Gasteiger partial charge >= 0.3 is 0 Å². The van der Waals surface area contributed by atoms with Crippen molar-refractivity contribution in [2.45, 2.75) is 19.8 Å². The van der Waals surface area contributed by atoms with Gasteiger partial charge in [-0.2, -0.15) is 0 Å². The fraction of sp³-hybridized carbons (Fsp3) is 0.116. The van der Waals surface area contributed by atoms with E-state index in [2.05, 4.69) is 176 Å². The second-order valence-corrected chi connectivity index (χ2v) is 11.5. The van der Waals surface area contributed by atoms with Crippen LogP contribution < -0.4 is 9.80 Å². The Labute approximate surface area is 268 Å². The topological polar surface area (TPSA) is 6.48 Å². The van der Waals surface area contributed by atoms with Crippen LogP contribution >= 0.6 is 0 Å². The molecule has 222 valence electrons. The molecule has 2 nitrogen and oxygen atoms in total. The Morgan fingerprint density at radius 3 is 2.18 bits per heavy atom. The highest BCUT2D eigenvalue weighted by molar-refractivity contribution is 5.96. The fourth-order valence-electron chi connectivity index (χ4n) is 5.95. The molecule has 1 aliphatic rings. The minimum atomic E-state index is 0.731. The number of hydrogen-bond acceptors (Lipinski definition) is 2. The molecule has 0 amide bonds. The van der Waals surface area contributed by atoms with Gasteiger partial charge in [-0.1, -0.05) is 122 Å². The summed E-state index contributed by atoms with van der Waals surface area (Å²) in [4.78, 5) is 4.65. The first kappa shape index (κ1) is 29.7. The lowest BCUT2D eigenvalue weighted by atomic mass is 9.98. The van der Waals surface area contributed by atoms with Crippen molar-refractivity contribution in [1.82, 2.24) is 0 Å². The van der Waals surface area contributed by atoms with E-state index >= 15 is 0 Å². The van der Waals surface area contributed by atoms with E-state index in [1.807, 2.05) is 12.2 Å². The summed E-state index contributed by atoms with van der Waals surface area (Å²) in [5.74, 6) is 0. The van der Waals surface area contributed by atoms with Crippen molar-refractivity contribution in [2.24, 2.45) is 0 Å². The number of anilines is 4. The highest BCUT2D eigenvalue weighted by Crippen LogP contribution is 2.35. The van der Waals surface area contributed by atoms with E-state index in [0.717, 1.165) is 25.1 Å². The molecular formula is C43H40N2. The highest BCUT2D eigenvalue weighted by Gasteiger charge is 2.13. The summed E-state index contributed by atoms with van der Waals surface area (Å²) >= 11 is 0. The molecule has 0 spiro atoms. The number of allylic oxidation sites excluding steroid dienone is 8. The zero-order valence-electron chi connectivity index (χ0n) is 26.2. The quantitative estimate of drug-likeness (QED) is 0.151. The van der Waals surface area contributed by atoms with Crippen LogP contribution in [0.5, 0.6) is 0 Å². The summed E-state index contributed by atoms with van der Waals surface area (Å²) in [7, 11) is 2.12. The van der Waals surface area contributed by atoms with Crippen molar-refractivity contribution in [3.05, 3.63) is 181 Å². The largest absolute Gasteiger partial charge is 0.345 e. The van der Waals surface area contributed by atoms with E-state index in [1.54, 1.807) is 0 Å². The molecule has 0 saturated carbocycles. The van der Waals surface area contributed by atoms with Crippen molar-refractivity contribution in [3.63, 3.8) is 0 Å². The Kier molecular flexibility index (Phi) is 9.22. The molecule has 0 aliphatic heterocycles. The average molecular weight is 585 g/mol. The molecule has 2 heteroatoms. The first-order valence-electron chi connectivity index (χ1n) is 15.7. The molecule has 0 radical (unpaired) electrons. The molecule has 0 aromatic heterocycles. The van der Waals surface area contributed by atoms with Crippen LogP contribution in [0.2, 0.25) is 0 Å². The molecule has 5 aromatic carbocycles. The van der Waals surface area contributed by atoms with Crippen LogP contribution in [0.1, 0.15) is 18.4 Å². The first-order valence-corrected chi connectivity index (χ1v) is 15.7. The van der Waals surface area contributed by atoms with Gasteiger partial charge in [-0.3, -0.25) is 0 Å². The minimum absolute atomic E-state index is 0.731. The van der Waals surface area contributed by atoms with Gasteiger partial charge in [-0.05, 0) is 95.5 Å². The van der Waals surface area contributed by atoms with E-state index in [1.165, 1.54) is 55.7 Å². The summed E-state index contributed by atoms with van der Waals surface area (Å²) in [5, 5.41) is 2.48. The van der Waals surface area contributed by atoms with E-state index in [4.69, 9.17) is 0 Å². The number of nitrogens with zero attached hydrogens (tertiary/aromatic N) is 2. The van der Waals surface area contributed by atoms with Crippen molar-refractivity contribution in [2.75, 3.05) is 23.4 Å². The summed E-state index contributed by atoms with van der Waals surface area (Å²) in [6.45, 7) is 6.76. The minimum Gasteiger partial charge on any atom is -0.345 e. The monoisotopic (exact) mass is 584 g/mol. The first-order chi connectivity index (χ1) is 22.1. The molecule has 5 aromatic rings. The van der Waals surface area contributed by atoms with Crippen LogP contribution in [-0.4, -0.2) is 13.6 Å². The van der Waals surface area contributed by atoms with E-state index in [-0.39, 0.29) is 0 Å². The SMILES string of the molecule is C=C/C=C\C(=C/CN(c1ccc(-c2ccc(N(C)c3cccc(C)c3)cc2)cc1)c1cccc2ccccc12)C1=CCCC=C1. The Bertz CT molecular complexity index is 1900. The van der Waals surface area contributed by atoms with Crippen LogP contribution in [0.25, 0.3) is 21.9 Å². The van der Waals surface area contributed by atoms with E-state index in [0.29, 0.717) is 0 Å². The molecular weight excluding hydrogens is 544 g/mol. The van der Waals surface area contributed by atoms with Gasteiger partial charge in [-0.25, -0.2) is 0 Å². The predicted octanol–water partition coefficient (Wildman–Crippen LogP) is 11.7. The Morgan fingerprint density at radius 2 is 1.47 bits per heavy atom. The third kappa shape index (κ3) is 6.92. The molecule has 0 atom stereocenters. The highest BCUT2D eigenvalue weighted by atomic mass is 15.1. The molecule has 0 heterocycles. The maximum atomic E-state index is 3.90. The van der Waals surface area contributed by atoms with Crippen LogP contribution in [0.15, 0.2) is 176 Å². The van der Waals surface area contributed by atoms with Crippen molar-refractivity contribution >= 4 is 33.5 Å². The molecule has 0 bridgehead atoms. The maximum absolute atomic E-state index is 3.90. The van der Waals surface area contributed by atoms with Crippen LogP contribution in [-0.2, 0) is 0 Å². The third-order valence-corrected chi connectivity index (χ3v) is 8.45. The van der Waals surface area contributed by atoms with Gasteiger partial charge in [0, 0.05) is 41.7 Å². The summed E-state index contributed by atoms with van der Waals surface area (Å²) in [6.07, 6.45) is 17.4. The van der Waals surface area contributed by atoms with Crippen LogP contribution in [0.4, 0.5) is 22.7 Å². The average Bonchev–Trinajstić information content (AvgIpc) is 3.10. The normalized spacial score (nSPS) is 13.2. The van der Waals surface area contributed by atoms with Crippen LogP contribution in [0, 0.1) is 6.92 Å². The van der Waals surface area contributed by atoms with Gasteiger partial charge in [-0.15, -0.1) is 0 Å². The Balaban J connectivity index is 1.32. The van der Waals surface area contributed by atoms with Gasteiger partial charge in [0.05, 0.1) is 0 Å². The molecule has 0 fully saturated rings. The fourth-order valence-corrected chi connectivity index (χ4v) is 5.95. The number of benzene rings is 5. The number of fused-ring (bicyclic) bond motifs is 1. The number of aryl methyl sites for hydroxylation is 1. The van der Waals surface area contributed by atoms with Crippen molar-refractivity contribution in [3.8, 4) is 11.1 Å². The molecule has 6 rings (SSSR count). The Hall–Kier alpha value is -5.34. The summed E-state index contributed by atoms with van der Waals surface area (Å²) in [6, 6.07) is 41.6. The second-order valence-electron chi connectivity index (χ2n) is 11.5. The lowest BCUT2D eigenvalue weighted by molar-refractivity contribution is 1.02. The van der Waals surface area contributed by atoms with Crippen LogP contribution in [0.3, 0.4) is 0 Å². The smallest absolute Gasteiger partial charge is 0.0493 e. The molecule has 0 N–H and O–H groups in total. The predicted molar refractivity (Wildman–Crippen MR) is 196 cm³/mol. The summed E-state index contributed by atoms with van der Waals surface area (Å²) in [5.41, 5.74) is 10.8. The van der Waals surface area contributed by atoms with E-state index in [9.17, 15) is 0 Å². The zero-order valence-corrected chi connectivity index (χ0v) is 26.2. The van der Waals surface area contributed by atoms with Gasteiger partial charge in [0.15, 0.2) is 0 Å². The lowest BCUT2D eigenvalue weighted by Crippen LogP contribution is -2.17. The standard InChI is InChI=1S/C43H40N2/c1-4-5-14-35(34-15-7-6-8-16-34)30-31-45(43-21-12-18-38-17-9-10-20-42(38)43)40-28-24-37(25-29-40)36-22-26-39(27-23-36)44(3)41-19-11-13-33(2)32-41/h4-5,7,9-30,32H,1,6,8,31H2,2-3H3/b14-5-,35-30+. The molecule has 45 heavy (non-hydrogen) atoms. The molecule has 1 aliphatic carbocycles. The molecule has 0 saturated heterocycles. The third-order valence-electron chi connectivity index (χ3n) is 8.45. The van der Waals surface area contributed by atoms with Gasteiger partial charge in [0.25, 0.3) is 0 Å². The van der Waals surface area contributed by atoms with Gasteiger partial charge in [0.2, 0.25) is 0 Å². The zero-order chi connectivity index (χ0) is 31.0. The summed E-state index contributed by atoms with van der Waals surface area (Å²) < 4.78 is 0. The van der Waals surface area contributed by atoms with Crippen molar-refractivity contribution < 1.29 is 0 Å². The maximum Gasteiger partial charge on any atom is 0.0493 e. The Morgan fingerprint density at radius 1 is 0.756 bits per heavy atom. The van der Waals surface area contributed by atoms with Crippen molar-refractivity contribution in [1.29, 1.82) is 0 Å². The number of hydrogen-bond donors (Lipinski definition) is 0. The van der Waals surface area contributed by atoms with Gasteiger partial charge < -0.3 is 9.80 Å². The van der Waals surface area contributed by atoms with E-state index < -0.39 is 0 Å². The lowest BCUT2D eigenvalue weighted by Gasteiger charge is -2.26. The number of rotatable bonds is 10. The van der Waals surface area contributed by atoms with Gasteiger partial charge in [0.1, 0.15) is 0 Å². The second kappa shape index (κ2) is 14.0.